The van der Waals surface area contributed by atoms with Crippen molar-refractivity contribution in [3.05, 3.63) is 46.5 Å². The van der Waals surface area contributed by atoms with Gasteiger partial charge < -0.3 is 40.4 Å². The van der Waals surface area contributed by atoms with Crippen LogP contribution in [0.3, 0.4) is 0 Å². The van der Waals surface area contributed by atoms with Crippen LogP contribution in [0.25, 0.3) is 0 Å². The zero-order valence-corrected chi connectivity index (χ0v) is 17.8. The minimum atomic E-state index is -0.294. The molecule has 1 heterocycles. The molecule has 0 radical (unpaired) electrons. The molecule has 0 aromatic heterocycles. The first-order valence-electron chi connectivity index (χ1n) is 10.5. The Labute approximate surface area is 182 Å². The Kier molecular flexibility index (Phi) is 7.61. The fourth-order valence-corrected chi connectivity index (χ4v) is 4.23. The summed E-state index contributed by atoms with van der Waals surface area (Å²) < 4.78 is 0. The van der Waals surface area contributed by atoms with Crippen LogP contribution in [0.5, 0.6) is 11.5 Å². The molecule has 0 unspecified atom stereocenters. The zero-order chi connectivity index (χ0) is 22.5. The second-order valence-electron chi connectivity index (χ2n) is 8.17. The van der Waals surface area contributed by atoms with Gasteiger partial charge in [0.2, 0.25) is 0 Å². The van der Waals surface area contributed by atoms with Gasteiger partial charge >= 0.3 is 0 Å². The predicted octanol–water partition coefficient (Wildman–Crippen LogP) is 1.42. The van der Waals surface area contributed by atoms with Gasteiger partial charge in [0.15, 0.2) is 0 Å². The SMILES string of the molecule is CN(CC1CCN(c2cc(CO)c(O)c(CO)c2)CC1)c1cc(CO)c(O)c(CO)c1. The van der Waals surface area contributed by atoms with Crippen LogP contribution in [0, 0.1) is 5.92 Å². The molecule has 1 aliphatic rings. The first-order valence-corrected chi connectivity index (χ1v) is 10.5. The lowest BCUT2D eigenvalue weighted by Crippen LogP contribution is -2.38. The molecule has 1 fully saturated rings. The fourth-order valence-electron chi connectivity index (χ4n) is 4.23. The van der Waals surface area contributed by atoms with Crippen molar-refractivity contribution in [2.75, 3.05) is 36.5 Å². The first kappa shape index (κ1) is 23.1. The molecule has 2 aromatic rings. The first-order chi connectivity index (χ1) is 14.9. The molecule has 8 nitrogen and oxygen atoms in total. The van der Waals surface area contributed by atoms with Gasteiger partial charge in [-0.15, -0.1) is 0 Å². The highest BCUT2D eigenvalue weighted by atomic mass is 16.3. The molecule has 0 aliphatic carbocycles. The number of aromatic hydroxyl groups is 2. The molecule has 0 spiro atoms. The Hall–Kier alpha value is -2.52. The third-order valence-electron chi connectivity index (χ3n) is 6.14. The van der Waals surface area contributed by atoms with E-state index in [-0.39, 0.29) is 37.9 Å². The minimum absolute atomic E-state index is 0.0522. The van der Waals surface area contributed by atoms with Crippen LogP contribution in [-0.2, 0) is 26.4 Å². The van der Waals surface area contributed by atoms with Crippen LogP contribution in [0.1, 0.15) is 35.1 Å². The summed E-state index contributed by atoms with van der Waals surface area (Å²) in [5.74, 6) is 0.328. The molecular formula is C23H32N2O6. The number of piperidine rings is 1. The summed E-state index contributed by atoms with van der Waals surface area (Å²) in [7, 11) is 1.96. The van der Waals surface area contributed by atoms with Gasteiger partial charge in [-0.1, -0.05) is 0 Å². The highest BCUT2D eigenvalue weighted by molar-refractivity contribution is 5.58. The Bertz CT molecular complexity index is 846. The van der Waals surface area contributed by atoms with Gasteiger partial charge in [0.1, 0.15) is 11.5 Å². The van der Waals surface area contributed by atoms with Crippen molar-refractivity contribution in [3.8, 4) is 11.5 Å². The smallest absolute Gasteiger partial charge is 0.126 e. The minimum Gasteiger partial charge on any atom is -0.507 e. The standard InChI is InChI=1S/C23H32N2O6/c1-24(20-6-16(11-26)22(30)17(7-20)12-27)10-15-2-4-25(5-3-15)21-8-18(13-28)23(31)19(9-21)14-29/h6-9,15,26-31H,2-5,10-14H2,1H3. The van der Waals surface area contributed by atoms with Crippen molar-refractivity contribution in [2.24, 2.45) is 5.92 Å². The van der Waals surface area contributed by atoms with Crippen molar-refractivity contribution in [3.63, 3.8) is 0 Å². The number of aliphatic hydroxyl groups is 4. The third kappa shape index (κ3) is 5.04. The van der Waals surface area contributed by atoms with E-state index < -0.39 is 0 Å². The summed E-state index contributed by atoms with van der Waals surface area (Å²) in [5.41, 5.74) is 3.35. The summed E-state index contributed by atoms with van der Waals surface area (Å²) in [5, 5.41) is 58.1. The van der Waals surface area contributed by atoms with E-state index in [1.54, 1.807) is 24.3 Å². The van der Waals surface area contributed by atoms with E-state index in [1.165, 1.54) is 0 Å². The van der Waals surface area contributed by atoms with Gasteiger partial charge in [-0.05, 0) is 43.0 Å². The zero-order valence-electron chi connectivity index (χ0n) is 17.8. The van der Waals surface area contributed by atoms with Crippen LogP contribution in [0.4, 0.5) is 11.4 Å². The fraction of sp³-hybridized carbons (Fsp3) is 0.478. The molecule has 0 saturated carbocycles. The van der Waals surface area contributed by atoms with Crippen molar-refractivity contribution in [2.45, 2.75) is 39.3 Å². The molecule has 8 heteroatoms. The van der Waals surface area contributed by atoms with Gasteiger partial charge in [-0.25, -0.2) is 0 Å². The molecular weight excluding hydrogens is 400 g/mol. The lowest BCUT2D eigenvalue weighted by Gasteiger charge is -2.36. The number of hydrogen-bond donors (Lipinski definition) is 6. The predicted molar refractivity (Wildman–Crippen MR) is 118 cm³/mol. The van der Waals surface area contributed by atoms with Gasteiger partial charge in [-0.2, -0.15) is 0 Å². The van der Waals surface area contributed by atoms with Gasteiger partial charge in [-0.3, -0.25) is 0 Å². The monoisotopic (exact) mass is 432 g/mol. The summed E-state index contributed by atoms with van der Waals surface area (Å²) in [4.78, 5) is 4.27. The summed E-state index contributed by atoms with van der Waals surface area (Å²) in [6.45, 7) is 1.28. The normalized spacial score (nSPS) is 14.8. The average molecular weight is 433 g/mol. The Balaban J connectivity index is 1.66. The Morgan fingerprint density at radius 1 is 0.774 bits per heavy atom. The van der Waals surface area contributed by atoms with Crippen LogP contribution in [0.2, 0.25) is 0 Å². The third-order valence-corrected chi connectivity index (χ3v) is 6.14. The molecule has 2 aromatic carbocycles. The topological polar surface area (TPSA) is 128 Å². The molecule has 170 valence electrons. The van der Waals surface area contributed by atoms with E-state index in [9.17, 15) is 30.6 Å². The number of aliphatic hydroxyl groups excluding tert-OH is 4. The van der Waals surface area contributed by atoms with E-state index in [0.717, 1.165) is 43.9 Å². The van der Waals surface area contributed by atoms with E-state index in [2.05, 4.69) is 9.80 Å². The van der Waals surface area contributed by atoms with Crippen molar-refractivity contribution in [1.82, 2.24) is 0 Å². The van der Waals surface area contributed by atoms with E-state index in [4.69, 9.17) is 0 Å². The number of anilines is 2. The lowest BCUT2D eigenvalue weighted by atomic mass is 9.95. The van der Waals surface area contributed by atoms with Crippen LogP contribution >= 0.6 is 0 Å². The molecule has 3 rings (SSSR count). The maximum Gasteiger partial charge on any atom is 0.126 e. The lowest BCUT2D eigenvalue weighted by molar-refractivity contribution is 0.263. The number of hydrogen-bond acceptors (Lipinski definition) is 8. The molecule has 31 heavy (non-hydrogen) atoms. The van der Waals surface area contributed by atoms with Gasteiger partial charge in [0.05, 0.1) is 26.4 Å². The van der Waals surface area contributed by atoms with Gasteiger partial charge in [0, 0.05) is 60.3 Å². The summed E-state index contributed by atoms with van der Waals surface area (Å²) >= 11 is 0. The van der Waals surface area contributed by atoms with Crippen LogP contribution < -0.4 is 9.80 Å². The van der Waals surface area contributed by atoms with E-state index in [0.29, 0.717) is 28.2 Å². The molecule has 6 N–H and O–H groups in total. The van der Waals surface area contributed by atoms with Crippen molar-refractivity contribution in [1.29, 1.82) is 0 Å². The maximum absolute atomic E-state index is 10.1. The molecule has 0 atom stereocenters. The Morgan fingerprint density at radius 2 is 1.19 bits per heavy atom. The maximum atomic E-state index is 10.1. The highest BCUT2D eigenvalue weighted by Gasteiger charge is 2.23. The van der Waals surface area contributed by atoms with E-state index >= 15 is 0 Å². The second-order valence-corrected chi connectivity index (χ2v) is 8.17. The molecule has 1 saturated heterocycles. The van der Waals surface area contributed by atoms with Gasteiger partial charge in [0.25, 0.3) is 0 Å². The second kappa shape index (κ2) is 10.2. The Morgan fingerprint density at radius 3 is 1.61 bits per heavy atom. The summed E-state index contributed by atoms with van der Waals surface area (Å²) in [6, 6.07) is 7.02. The number of rotatable bonds is 8. The highest BCUT2D eigenvalue weighted by Crippen LogP contribution is 2.33. The van der Waals surface area contributed by atoms with E-state index in [1.807, 2.05) is 7.05 Å². The van der Waals surface area contributed by atoms with Crippen molar-refractivity contribution < 1.29 is 30.6 Å². The number of benzene rings is 2. The summed E-state index contributed by atoms with van der Waals surface area (Å²) in [6.07, 6.45) is 1.90. The quantitative estimate of drug-likeness (QED) is 0.370. The molecule has 1 aliphatic heterocycles. The largest absolute Gasteiger partial charge is 0.507 e. The number of phenols is 2. The van der Waals surface area contributed by atoms with Crippen molar-refractivity contribution >= 4 is 11.4 Å². The molecule has 0 bridgehead atoms. The molecule has 0 amide bonds. The van der Waals surface area contributed by atoms with Crippen LogP contribution in [0.15, 0.2) is 24.3 Å². The number of nitrogens with zero attached hydrogens (tertiary/aromatic N) is 2. The average Bonchev–Trinajstić information content (AvgIpc) is 2.79. The van der Waals surface area contributed by atoms with Crippen LogP contribution in [-0.4, -0.2) is 57.3 Å².